The molecule has 2 atom stereocenters. The molecule has 12 heavy (non-hydrogen) atoms. The molecule has 0 radical (unpaired) electrons. The van der Waals surface area contributed by atoms with Crippen LogP contribution in [0.5, 0.6) is 0 Å². The Labute approximate surface area is 79.0 Å². The highest BCUT2D eigenvalue weighted by molar-refractivity contribution is 5.85. The van der Waals surface area contributed by atoms with E-state index in [0.717, 1.165) is 32.3 Å². The second-order valence-corrected chi connectivity index (χ2v) is 3.57. The molecule has 2 N–H and O–H groups in total. The normalized spacial score (nSPS) is 45.5. The smallest absolute Gasteiger partial charge is 0.186 e. The summed E-state index contributed by atoms with van der Waals surface area (Å²) in [5.74, 6) is -0.438. The summed E-state index contributed by atoms with van der Waals surface area (Å²) >= 11 is 0. The van der Waals surface area contributed by atoms with E-state index in [9.17, 15) is 0 Å². The number of hydrogen-bond donors (Lipinski definition) is 1. The van der Waals surface area contributed by atoms with E-state index >= 15 is 0 Å². The molecule has 1 aliphatic heterocycles. The quantitative estimate of drug-likeness (QED) is 0.677. The summed E-state index contributed by atoms with van der Waals surface area (Å²) in [5, 5.41) is 0. The summed E-state index contributed by atoms with van der Waals surface area (Å²) in [6.07, 6.45) is 4.08. The Morgan fingerprint density at radius 3 is 2.67 bits per heavy atom. The predicted molar refractivity (Wildman–Crippen MR) is 48.3 cm³/mol. The van der Waals surface area contributed by atoms with Crippen LogP contribution in [-0.2, 0) is 9.47 Å². The van der Waals surface area contributed by atoms with Crippen molar-refractivity contribution in [2.75, 3.05) is 13.7 Å². The van der Waals surface area contributed by atoms with E-state index < -0.39 is 5.79 Å². The van der Waals surface area contributed by atoms with Crippen molar-refractivity contribution in [3.8, 4) is 0 Å². The van der Waals surface area contributed by atoms with Crippen LogP contribution in [0.15, 0.2) is 0 Å². The highest BCUT2D eigenvalue weighted by atomic mass is 35.5. The van der Waals surface area contributed by atoms with Gasteiger partial charge in [-0.15, -0.1) is 12.4 Å². The SMILES string of the molecule is COC12CCCC1(N)CCO2.Cl. The first-order valence-electron chi connectivity index (χ1n) is 4.20. The van der Waals surface area contributed by atoms with E-state index in [-0.39, 0.29) is 17.9 Å². The first kappa shape index (κ1) is 10.3. The first-order chi connectivity index (χ1) is 5.22. The van der Waals surface area contributed by atoms with E-state index in [2.05, 4.69) is 0 Å². The number of methoxy groups -OCH3 is 1. The summed E-state index contributed by atoms with van der Waals surface area (Å²) < 4.78 is 10.9. The lowest BCUT2D eigenvalue weighted by Gasteiger charge is -2.34. The van der Waals surface area contributed by atoms with Crippen LogP contribution >= 0.6 is 12.4 Å². The molecular formula is C8H16ClNO2. The van der Waals surface area contributed by atoms with Crippen molar-refractivity contribution in [1.82, 2.24) is 0 Å². The van der Waals surface area contributed by atoms with Gasteiger partial charge in [0.2, 0.25) is 0 Å². The minimum atomic E-state index is -0.438. The van der Waals surface area contributed by atoms with Gasteiger partial charge in [0.1, 0.15) is 0 Å². The minimum Gasteiger partial charge on any atom is -0.351 e. The van der Waals surface area contributed by atoms with Crippen molar-refractivity contribution in [3.05, 3.63) is 0 Å². The van der Waals surface area contributed by atoms with Crippen LogP contribution in [0.4, 0.5) is 0 Å². The maximum absolute atomic E-state index is 6.16. The van der Waals surface area contributed by atoms with Crippen LogP contribution in [0.3, 0.4) is 0 Å². The van der Waals surface area contributed by atoms with Crippen LogP contribution in [0.2, 0.25) is 0 Å². The molecule has 72 valence electrons. The third-order valence-electron chi connectivity index (χ3n) is 3.10. The van der Waals surface area contributed by atoms with Crippen LogP contribution in [-0.4, -0.2) is 25.0 Å². The zero-order chi connectivity index (χ0) is 7.95. The summed E-state index contributed by atoms with van der Waals surface area (Å²) in [5.41, 5.74) is 5.97. The lowest BCUT2D eigenvalue weighted by Crippen LogP contribution is -2.54. The molecule has 0 spiro atoms. The number of fused-ring (bicyclic) bond motifs is 1. The van der Waals surface area contributed by atoms with Gasteiger partial charge in [-0.1, -0.05) is 0 Å². The molecule has 1 heterocycles. The maximum atomic E-state index is 6.16. The molecule has 2 rings (SSSR count). The van der Waals surface area contributed by atoms with Gasteiger partial charge in [-0.25, -0.2) is 0 Å². The average Bonchev–Trinajstić information content (AvgIpc) is 2.41. The number of ether oxygens (including phenoxy) is 2. The lowest BCUT2D eigenvalue weighted by atomic mass is 9.92. The molecule has 3 nitrogen and oxygen atoms in total. The summed E-state index contributed by atoms with van der Waals surface area (Å²) in [6.45, 7) is 0.754. The average molecular weight is 194 g/mol. The maximum Gasteiger partial charge on any atom is 0.186 e. The van der Waals surface area contributed by atoms with E-state index in [1.165, 1.54) is 0 Å². The largest absolute Gasteiger partial charge is 0.351 e. The second-order valence-electron chi connectivity index (χ2n) is 3.57. The topological polar surface area (TPSA) is 44.5 Å². The van der Waals surface area contributed by atoms with Crippen LogP contribution in [0.25, 0.3) is 0 Å². The third kappa shape index (κ3) is 1.08. The van der Waals surface area contributed by atoms with Gasteiger partial charge in [-0.3, -0.25) is 0 Å². The Kier molecular flexibility index (Phi) is 2.69. The summed E-state index contributed by atoms with van der Waals surface area (Å²) in [4.78, 5) is 0. The van der Waals surface area contributed by atoms with Gasteiger partial charge in [-0.05, 0) is 19.3 Å². The molecule has 1 aliphatic carbocycles. The summed E-state index contributed by atoms with van der Waals surface area (Å²) in [6, 6.07) is 0. The van der Waals surface area contributed by atoms with Gasteiger partial charge < -0.3 is 15.2 Å². The molecule has 0 bridgehead atoms. The number of nitrogens with two attached hydrogens (primary N) is 1. The molecule has 2 unspecified atom stereocenters. The molecule has 0 aromatic heterocycles. The van der Waals surface area contributed by atoms with Gasteiger partial charge in [0, 0.05) is 13.5 Å². The molecular weight excluding hydrogens is 178 g/mol. The Morgan fingerprint density at radius 1 is 1.33 bits per heavy atom. The second kappa shape index (κ2) is 3.14. The van der Waals surface area contributed by atoms with Gasteiger partial charge in [0.25, 0.3) is 0 Å². The van der Waals surface area contributed by atoms with Crippen LogP contribution in [0, 0.1) is 0 Å². The van der Waals surface area contributed by atoms with Crippen LogP contribution in [0.1, 0.15) is 25.7 Å². The Balaban J connectivity index is 0.000000720. The standard InChI is InChI=1S/C8H15NO2.ClH/c1-10-8-4-2-3-7(8,9)5-6-11-8;/h2-6,9H2,1H3;1H. The van der Waals surface area contributed by atoms with Crippen molar-refractivity contribution in [2.45, 2.75) is 37.0 Å². The van der Waals surface area contributed by atoms with E-state index in [4.69, 9.17) is 15.2 Å². The third-order valence-corrected chi connectivity index (χ3v) is 3.10. The van der Waals surface area contributed by atoms with E-state index in [1.54, 1.807) is 7.11 Å². The molecule has 4 heteroatoms. The Hall–Kier alpha value is 0.170. The van der Waals surface area contributed by atoms with Crippen molar-refractivity contribution < 1.29 is 9.47 Å². The fourth-order valence-corrected chi connectivity index (χ4v) is 2.37. The monoisotopic (exact) mass is 193 g/mol. The van der Waals surface area contributed by atoms with Crippen molar-refractivity contribution in [2.24, 2.45) is 5.73 Å². The number of rotatable bonds is 1. The van der Waals surface area contributed by atoms with Gasteiger partial charge in [-0.2, -0.15) is 0 Å². The fourth-order valence-electron chi connectivity index (χ4n) is 2.37. The molecule has 1 saturated carbocycles. The highest BCUT2D eigenvalue weighted by Crippen LogP contribution is 2.47. The molecule has 1 saturated heterocycles. The van der Waals surface area contributed by atoms with Crippen molar-refractivity contribution in [3.63, 3.8) is 0 Å². The van der Waals surface area contributed by atoms with Crippen molar-refractivity contribution >= 4 is 12.4 Å². The van der Waals surface area contributed by atoms with Crippen LogP contribution < -0.4 is 5.73 Å². The van der Waals surface area contributed by atoms with Gasteiger partial charge in [0.05, 0.1) is 12.1 Å². The lowest BCUT2D eigenvalue weighted by molar-refractivity contribution is -0.210. The number of halogens is 1. The Bertz CT molecular complexity index is 164. The molecule has 2 aliphatic rings. The van der Waals surface area contributed by atoms with E-state index in [1.807, 2.05) is 0 Å². The zero-order valence-electron chi connectivity index (χ0n) is 7.34. The van der Waals surface area contributed by atoms with Gasteiger partial charge >= 0.3 is 0 Å². The van der Waals surface area contributed by atoms with Crippen molar-refractivity contribution in [1.29, 1.82) is 0 Å². The van der Waals surface area contributed by atoms with E-state index in [0.29, 0.717) is 0 Å². The highest BCUT2D eigenvalue weighted by Gasteiger charge is 2.57. The minimum absolute atomic E-state index is 0. The molecule has 0 aromatic rings. The zero-order valence-corrected chi connectivity index (χ0v) is 8.15. The molecule has 0 amide bonds. The summed E-state index contributed by atoms with van der Waals surface area (Å²) in [7, 11) is 1.69. The predicted octanol–water partition coefficient (Wildman–Crippen LogP) is 1.05. The molecule has 2 fully saturated rings. The number of hydrogen-bond acceptors (Lipinski definition) is 3. The Morgan fingerprint density at radius 2 is 2.08 bits per heavy atom. The first-order valence-corrected chi connectivity index (χ1v) is 4.20. The van der Waals surface area contributed by atoms with Gasteiger partial charge in [0.15, 0.2) is 5.79 Å². The molecule has 0 aromatic carbocycles. The fraction of sp³-hybridized carbons (Fsp3) is 1.00.